The van der Waals surface area contributed by atoms with E-state index in [0.717, 1.165) is 32.7 Å². The first-order valence-electron chi connectivity index (χ1n) is 8.57. The third-order valence-electron chi connectivity index (χ3n) is 3.98. The maximum absolute atomic E-state index is 14.0. The van der Waals surface area contributed by atoms with Crippen LogP contribution in [0.1, 0.15) is 29.9 Å². The Balaban J connectivity index is 1.54. The number of ether oxygens (including phenoxy) is 2. The van der Waals surface area contributed by atoms with Crippen molar-refractivity contribution in [3.63, 3.8) is 0 Å². The number of aromatic nitrogens is 2. The first-order valence-corrected chi connectivity index (χ1v) is 10.4. The number of rotatable bonds is 6. The van der Waals surface area contributed by atoms with Gasteiger partial charge in [0.05, 0.1) is 6.61 Å². The molecule has 1 aromatic heterocycles. The Labute approximate surface area is 164 Å². The highest BCUT2D eigenvalue weighted by Gasteiger charge is 2.25. The SMILES string of the molecule is CCNc1nnc(SCc2cc(F)cc3c2O[C@@H](c2ccccc2)OC3)s1. The number of thioether (sulfide) groups is 1. The van der Waals surface area contributed by atoms with Crippen molar-refractivity contribution in [3.05, 3.63) is 65.0 Å². The van der Waals surface area contributed by atoms with Gasteiger partial charge in [0.25, 0.3) is 0 Å². The Morgan fingerprint density at radius 1 is 1.26 bits per heavy atom. The normalized spacial score (nSPS) is 15.9. The third kappa shape index (κ3) is 4.23. The topological polar surface area (TPSA) is 56.3 Å². The van der Waals surface area contributed by atoms with Crippen molar-refractivity contribution in [1.82, 2.24) is 10.2 Å². The molecule has 27 heavy (non-hydrogen) atoms. The van der Waals surface area contributed by atoms with E-state index in [2.05, 4.69) is 15.5 Å². The molecule has 0 amide bonds. The smallest absolute Gasteiger partial charge is 0.227 e. The summed E-state index contributed by atoms with van der Waals surface area (Å²) in [4.78, 5) is 0. The van der Waals surface area contributed by atoms with Gasteiger partial charge in [0, 0.05) is 29.0 Å². The molecule has 0 unspecified atom stereocenters. The lowest BCUT2D eigenvalue weighted by molar-refractivity contribution is -0.112. The molecule has 0 radical (unpaired) electrons. The molecule has 4 rings (SSSR count). The lowest BCUT2D eigenvalue weighted by Crippen LogP contribution is -2.19. The predicted octanol–water partition coefficient (Wildman–Crippen LogP) is 5.01. The number of halogens is 1. The monoisotopic (exact) mass is 403 g/mol. The van der Waals surface area contributed by atoms with E-state index < -0.39 is 6.29 Å². The lowest BCUT2D eigenvalue weighted by atomic mass is 10.1. The summed E-state index contributed by atoms with van der Waals surface area (Å²) in [5.74, 6) is 0.947. The predicted molar refractivity (Wildman–Crippen MR) is 105 cm³/mol. The molecule has 0 spiro atoms. The molecule has 0 saturated heterocycles. The molecule has 1 atom stereocenters. The molecule has 2 aromatic carbocycles. The number of fused-ring (bicyclic) bond motifs is 1. The van der Waals surface area contributed by atoms with E-state index in [4.69, 9.17) is 9.47 Å². The highest BCUT2D eigenvalue weighted by atomic mass is 32.2. The van der Waals surface area contributed by atoms with Crippen molar-refractivity contribution in [2.75, 3.05) is 11.9 Å². The van der Waals surface area contributed by atoms with Gasteiger partial charge in [0.1, 0.15) is 11.6 Å². The summed E-state index contributed by atoms with van der Waals surface area (Å²) >= 11 is 3.00. The molecular weight excluding hydrogens is 385 g/mol. The molecule has 140 valence electrons. The summed E-state index contributed by atoms with van der Waals surface area (Å²) in [6, 6.07) is 12.7. The van der Waals surface area contributed by atoms with Crippen molar-refractivity contribution in [3.8, 4) is 5.75 Å². The average molecular weight is 404 g/mol. The number of anilines is 1. The Morgan fingerprint density at radius 2 is 2.11 bits per heavy atom. The molecule has 3 aromatic rings. The van der Waals surface area contributed by atoms with Gasteiger partial charge in [-0.1, -0.05) is 53.4 Å². The number of nitrogens with zero attached hydrogens (tertiary/aromatic N) is 2. The van der Waals surface area contributed by atoms with Crippen LogP contribution >= 0.6 is 23.1 Å². The van der Waals surface area contributed by atoms with Crippen LogP contribution in [0, 0.1) is 5.82 Å². The van der Waals surface area contributed by atoms with Crippen LogP contribution in [0.15, 0.2) is 46.8 Å². The van der Waals surface area contributed by atoms with Gasteiger partial charge < -0.3 is 14.8 Å². The molecule has 2 heterocycles. The first-order chi connectivity index (χ1) is 13.2. The second kappa shape index (κ2) is 8.24. The minimum Gasteiger partial charge on any atom is -0.460 e. The Morgan fingerprint density at radius 3 is 2.93 bits per heavy atom. The Bertz CT molecular complexity index is 921. The quantitative estimate of drug-likeness (QED) is 0.584. The summed E-state index contributed by atoms with van der Waals surface area (Å²) in [6.45, 7) is 3.12. The second-order valence-corrected chi connectivity index (χ2v) is 8.12. The molecule has 0 saturated carbocycles. The van der Waals surface area contributed by atoms with Crippen LogP contribution in [0.25, 0.3) is 0 Å². The van der Waals surface area contributed by atoms with Crippen LogP contribution in [0.4, 0.5) is 9.52 Å². The molecule has 8 heteroatoms. The zero-order valence-corrected chi connectivity index (χ0v) is 16.3. The van der Waals surface area contributed by atoms with Gasteiger partial charge >= 0.3 is 0 Å². The van der Waals surface area contributed by atoms with E-state index in [1.807, 2.05) is 37.3 Å². The second-order valence-electron chi connectivity index (χ2n) is 5.92. The van der Waals surface area contributed by atoms with Crippen molar-refractivity contribution in [2.45, 2.75) is 29.9 Å². The van der Waals surface area contributed by atoms with Gasteiger partial charge in [-0.15, -0.1) is 10.2 Å². The van der Waals surface area contributed by atoms with Gasteiger partial charge in [-0.3, -0.25) is 0 Å². The molecular formula is C19H18FN3O2S2. The van der Waals surface area contributed by atoms with Crippen LogP contribution < -0.4 is 10.1 Å². The van der Waals surface area contributed by atoms with Gasteiger partial charge in [0.15, 0.2) is 4.34 Å². The minimum atomic E-state index is -0.491. The first kappa shape index (κ1) is 18.2. The fourth-order valence-corrected chi connectivity index (χ4v) is 4.58. The fraction of sp³-hybridized carbons (Fsp3) is 0.263. The van der Waals surface area contributed by atoms with Crippen LogP contribution in [0.3, 0.4) is 0 Å². The fourth-order valence-electron chi connectivity index (χ4n) is 2.79. The molecule has 5 nitrogen and oxygen atoms in total. The van der Waals surface area contributed by atoms with Crippen LogP contribution in [0.2, 0.25) is 0 Å². The summed E-state index contributed by atoms with van der Waals surface area (Å²) in [6.07, 6.45) is -0.491. The van der Waals surface area contributed by atoms with Crippen molar-refractivity contribution in [2.24, 2.45) is 0 Å². The maximum Gasteiger partial charge on any atom is 0.227 e. The average Bonchev–Trinajstić information content (AvgIpc) is 3.14. The minimum absolute atomic E-state index is 0.291. The standard InChI is InChI=1S/C19H18FN3O2S2/c1-2-21-18-22-23-19(27-18)26-11-14-9-15(20)8-13-10-24-17(25-16(13)14)12-6-4-3-5-7-12/h3-9,17H,2,10-11H2,1H3,(H,21,22)/t17-/m0/s1. The Kier molecular flexibility index (Phi) is 5.56. The van der Waals surface area contributed by atoms with Crippen LogP contribution in [0.5, 0.6) is 5.75 Å². The number of hydrogen-bond donors (Lipinski definition) is 1. The zero-order valence-electron chi connectivity index (χ0n) is 14.6. The molecule has 0 bridgehead atoms. The molecule has 1 aliphatic heterocycles. The highest BCUT2D eigenvalue weighted by molar-refractivity contribution is 8.00. The van der Waals surface area contributed by atoms with Crippen LogP contribution in [-0.4, -0.2) is 16.7 Å². The zero-order chi connectivity index (χ0) is 18.6. The number of nitrogens with one attached hydrogen (secondary N) is 1. The van der Waals surface area contributed by atoms with Crippen LogP contribution in [-0.2, 0) is 17.1 Å². The van der Waals surface area contributed by atoms with E-state index in [9.17, 15) is 4.39 Å². The summed E-state index contributed by atoms with van der Waals surface area (Å²) < 4.78 is 26.7. The van der Waals surface area contributed by atoms with E-state index in [1.165, 1.54) is 35.2 Å². The molecule has 1 aliphatic rings. The summed E-state index contributed by atoms with van der Waals surface area (Å²) in [5, 5.41) is 12.2. The van der Waals surface area contributed by atoms with E-state index in [0.29, 0.717) is 18.1 Å². The summed E-state index contributed by atoms with van der Waals surface area (Å²) in [5.41, 5.74) is 2.45. The molecule has 0 fully saturated rings. The van der Waals surface area contributed by atoms with E-state index >= 15 is 0 Å². The molecule has 1 N–H and O–H groups in total. The number of hydrogen-bond acceptors (Lipinski definition) is 7. The lowest BCUT2D eigenvalue weighted by Gasteiger charge is -2.28. The van der Waals surface area contributed by atoms with Gasteiger partial charge in [-0.2, -0.15) is 0 Å². The van der Waals surface area contributed by atoms with E-state index in [-0.39, 0.29) is 5.82 Å². The van der Waals surface area contributed by atoms with Crippen molar-refractivity contribution >= 4 is 28.2 Å². The summed E-state index contributed by atoms with van der Waals surface area (Å²) in [7, 11) is 0. The van der Waals surface area contributed by atoms with Gasteiger partial charge in [0.2, 0.25) is 11.4 Å². The largest absolute Gasteiger partial charge is 0.460 e. The highest BCUT2D eigenvalue weighted by Crippen LogP contribution is 2.39. The van der Waals surface area contributed by atoms with E-state index in [1.54, 1.807) is 0 Å². The van der Waals surface area contributed by atoms with Crippen molar-refractivity contribution < 1.29 is 13.9 Å². The Hall–Kier alpha value is -2.16. The van der Waals surface area contributed by atoms with Gasteiger partial charge in [-0.25, -0.2) is 4.39 Å². The van der Waals surface area contributed by atoms with Crippen molar-refractivity contribution in [1.29, 1.82) is 0 Å². The van der Waals surface area contributed by atoms with Gasteiger partial charge in [-0.05, 0) is 19.1 Å². The maximum atomic E-state index is 14.0. The molecule has 0 aliphatic carbocycles. The number of benzene rings is 2. The third-order valence-corrected chi connectivity index (χ3v) is 6.04.